The maximum absolute atomic E-state index is 8.59. The van der Waals surface area contributed by atoms with E-state index < -0.39 is 0 Å². The summed E-state index contributed by atoms with van der Waals surface area (Å²) in [7, 11) is 0. The van der Waals surface area contributed by atoms with Crippen LogP contribution >= 0.6 is 11.8 Å². The number of rotatable bonds is 1. The molecule has 0 spiro atoms. The molecule has 0 saturated heterocycles. The van der Waals surface area contributed by atoms with Crippen LogP contribution in [0.2, 0.25) is 0 Å². The van der Waals surface area contributed by atoms with Crippen molar-refractivity contribution >= 4 is 16.8 Å². The van der Waals surface area contributed by atoms with Crippen molar-refractivity contribution in [2.45, 2.75) is 5.37 Å². The lowest BCUT2D eigenvalue weighted by Gasteiger charge is -2.07. The van der Waals surface area contributed by atoms with Gasteiger partial charge in [-0.1, -0.05) is 42.1 Å². The molecule has 1 aliphatic heterocycles. The molecule has 0 fully saturated rings. The van der Waals surface area contributed by atoms with Gasteiger partial charge >= 0.3 is 0 Å². The molecule has 3 nitrogen and oxygen atoms in total. The Morgan fingerprint density at radius 2 is 2.15 bits per heavy atom. The summed E-state index contributed by atoms with van der Waals surface area (Å²) in [5.41, 5.74) is 4.04. The first-order valence-corrected chi connectivity index (χ1v) is 4.73. The molecule has 0 unspecified atom stereocenters. The second-order valence-corrected chi connectivity index (χ2v) is 3.66. The van der Waals surface area contributed by atoms with Gasteiger partial charge in [0.25, 0.3) is 0 Å². The van der Waals surface area contributed by atoms with Crippen LogP contribution in [0.4, 0.5) is 0 Å². The van der Waals surface area contributed by atoms with Gasteiger partial charge in [0, 0.05) is 0 Å². The predicted octanol–water partition coefficient (Wildman–Crippen LogP) is 1.86. The fraction of sp³-hybridized carbons (Fsp3) is 0.111. The fourth-order valence-electron chi connectivity index (χ4n) is 1.10. The lowest BCUT2D eigenvalue weighted by molar-refractivity contribution is 0.744. The highest BCUT2D eigenvalue weighted by Gasteiger charge is 2.19. The molecule has 13 heavy (non-hydrogen) atoms. The van der Waals surface area contributed by atoms with Crippen molar-refractivity contribution < 1.29 is 0 Å². The maximum atomic E-state index is 8.59. The zero-order valence-electron chi connectivity index (χ0n) is 6.77. The van der Waals surface area contributed by atoms with E-state index in [9.17, 15) is 0 Å². The van der Waals surface area contributed by atoms with Crippen molar-refractivity contribution in [3.63, 3.8) is 0 Å². The van der Waals surface area contributed by atoms with Gasteiger partial charge in [0.05, 0.1) is 0 Å². The summed E-state index contributed by atoms with van der Waals surface area (Å²) in [5.74, 6) is 0. The Hall–Kier alpha value is -1.47. The van der Waals surface area contributed by atoms with Gasteiger partial charge in [-0.05, 0) is 5.56 Å². The first kappa shape index (κ1) is 8.14. The molecule has 1 atom stereocenters. The number of hydrogen-bond donors (Lipinski definition) is 1. The number of benzene rings is 1. The molecule has 0 saturated carbocycles. The lowest BCUT2D eigenvalue weighted by Crippen LogP contribution is -2.05. The van der Waals surface area contributed by atoms with Crippen LogP contribution in [0.5, 0.6) is 0 Å². The lowest BCUT2D eigenvalue weighted by atomic mass is 10.2. The first-order chi connectivity index (χ1) is 6.40. The molecule has 1 heterocycles. The summed E-state index contributed by atoms with van der Waals surface area (Å²) in [6.07, 6.45) is 0. The highest BCUT2D eigenvalue weighted by Crippen LogP contribution is 2.30. The van der Waals surface area contributed by atoms with Crippen molar-refractivity contribution in [3.05, 3.63) is 35.9 Å². The van der Waals surface area contributed by atoms with Crippen molar-refractivity contribution in [1.82, 2.24) is 5.43 Å². The average Bonchev–Trinajstić information content (AvgIpc) is 2.67. The summed E-state index contributed by atoms with van der Waals surface area (Å²) in [6, 6.07) is 12.0. The highest BCUT2D eigenvalue weighted by atomic mass is 32.2. The molecule has 0 aliphatic carbocycles. The van der Waals surface area contributed by atoms with Crippen LogP contribution < -0.4 is 5.43 Å². The van der Waals surface area contributed by atoms with Crippen LogP contribution in [-0.4, -0.2) is 5.04 Å². The Morgan fingerprint density at radius 1 is 1.38 bits per heavy atom. The van der Waals surface area contributed by atoms with E-state index in [0.717, 1.165) is 5.56 Å². The van der Waals surface area contributed by atoms with Gasteiger partial charge in [0.2, 0.25) is 0 Å². The molecule has 0 bridgehead atoms. The van der Waals surface area contributed by atoms with Gasteiger partial charge in [0.1, 0.15) is 11.4 Å². The normalized spacial score (nSPS) is 20.2. The van der Waals surface area contributed by atoms with Gasteiger partial charge in [-0.25, -0.2) is 0 Å². The highest BCUT2D eigenvalue weighted by molar-refractivity contribution is 8.14. The monoisotopic (exact) mass is 189 g/mol. The molecule has 0 radical (unpaired) electrons. The van der Waals surface area contributed by atoms with Crippen LogP contribution in [0.1, 0.15) is 10.9 Å². The van der Waals surface area contributed by atoms with E-state index in [1.807, 2.05) is 36.4 Å². The molecule has 2 rings (SSSR count). The minimum absolute atomic E-state index is 0.0934. The number of nitriles is 1. The van der Waals surface area contributed by atoms with Gasteiger partial charge in [0.15, 0.2) is 5.04 Å². The summed E-state index contributed by atoms with van der Waals surface area (Å²) < 4.78 is 0. The molecule has 1 aromatic carbocycles. The molecule has 4 heteroatoms. The SMILES string of the molecule is N#CC1=NN[C@H](c2ccccc2)S1. The van der Waals surface area contributed by atoms with Crippen LogP contribution in [-0.2, 0) is 0 Å². The second kappa shape index (κ2) is 3.50. The van der Waals surface area contributed by atoms with Crippen LogP contribution in [0.15, 0.2) is 35.4 Å². The van der Waals surface area contributed by atoms with E-state index in [-0.39, 0.29) is 5.37 Å². The van der Waals surface area contributed by atoms with E-state index in [1.54, 1.807) is 0 Å². The van der Waals surface area contributed by atoms with E-state index in [0.29, 0.717) is 5.04 Å². The Bertz CT molecular complexity index is 366. The number of thioether (sulfide) groups is 1. The minimum atomic E-state index is 0.0934. The Labute approximate surface area is 80.5 Å². The zero-order chi connectivity index (χ0) is 9.10. The first-order valence-electron chi connectivity index (χ1n) is 3.85. The van der Waals surface area contributed by atoms with Crippen LogP contribution in [0.3, 0.4) is 0 Å². The maximum Gasteiger partial charge on any atom is 0.195 e. The van der Waals surface area contributed by atoms with E-state index >= 15 is 0 Å². The standard InChI is InChI=1S/C9H7N3S/c10-6-8-11-12-9(13-8)7-4-2-1-3-5-7/h1-5,9,12H/t9-/m0/s1. The molecular weight excluding hydrogens is 182 g/mol. The van der Waals surface area contributed by atoms with E-state index in [1.165, 1.54) is 11.8 Å². The molecule has 1 aromatic rings. The van der Waals surface area contributed by atoms with Gasteiger partial charge < -0.3 is 0 Å². The summed E-state index contributed by atoms with van der Waals surface area (Å²) >= 11 is 1.44. The predicted molar refractivity (Wildman–Crippen MR) is 53.0 cm³/mol. The number of hydrazone groups is 1. The summed E-state index contributed by atoms with van der Waals surface area (Å²) in [6.45, 7) is 0. The van der Waals surface area contributed by atoms with Gasteiger partial charge in [-0.15, -0.1) is 0 Å². The van der Waals surface area contributed by atoms with Crippen molar-refractivity contribution in [2.24, 2.45) is 5.10 Å². The average molecular weight is 189 g/mol. The van der Waals surface area contributed by atoms with Gasteiger partial charge in [-0.2, -0.15) is 10.4 Å². The van der Waals surface area contributed by atoms with Crippen molar-refractivity contribution in [3.8, 4) is 6.07 Å². The number of nitrogens with one attached hydrogen (secondary N) is 1. The minimum Gasteiger partial charge on any atom is -0.290 e. The van der Waals surface area contributed by atoms with Crippen molar-refractivity contribution in [2.75, 3.05) is 0 Å². The Kier molecular flexibility index (Phi) is 2.19. The van der Waals surface area contributed by atoms with E-state index in [2.05, 4.69) is 10.5 Å². The molecule has 64 valence electrons. The zero-order valence-corrected chi connectivity index (χ0v) is 7.58. The van der Waals surface area contributed by atoms with Gasteiger partial charge in [-0.3, -0.25) is 5.43 Å². The third-order valence-electron chi connectivity index (χ3n) is 1.71. The summed E-state index contributed by atoms with van der Waals surface area (Å²) in [4.78, 5) is 0. The quantitative estimate of drug-likeness (QED) is 0.733. The number of nitrogens with zero attached hydrogens (tertiary/aromatic N) is 2. The molecule has 0 amide bonds. The Morgan fingerprint density at radius 3 is 2.77 bits per heavy atom. The third kappa shape index (κ3) is 1.65. The van der Waals surface area contributed by atoms with Crippen LogP contribution in [0.25, 0.3) is 0 Å². The topological polar surface area (TPSA) is 48.2 Å². The molecular formula is C9H7N3S. The summed E-state index contributed by atoms with van der Waals surface area (Å²) in [5, 5.41) is 13.1. The molecule has 1 aliphatic rings. The second-order valence-electron chi connectivity index (χ2n) is 2.57. The van der Waals surface area contributed by atoms with E-state index in [4.69, 9.17) is 5.26 Å². The third-order valence-corrected chi connectivity index (χ3v) is 2.73. The fourth-order valence-corrected chi connectivity index (χ4v) is 1.88. The smallest absolute Gasteiger partial charge is 0.195 e. The van der Waals surface area contributed by atoms with Crippen molar-refractivity contribution in [1.29, 1.82) is 5.26 Å². The number of hydrogen-bond acceptors (Lipinski definition) is 4. The van der Waals surface area contributed by atoms with Crippen LogP contribution in [0, 0.1) is 11.3 Å². The molecule has 1 N–H and O–H groups in total. The largest absolute Gasteiger partial charge is 0.290 e. The Balaban J connectivity index is 2.12. The molecule has 0 aromatic heterocycles.